The van der Waals surface area contributed by atoms with E-state index in [1.54, 1.807) is 48.1 Å². The summed E-state index contributed by atoms with van der Waals surface area (Å²) in [5, 5.41) is 0. The molecule has 0 spiro atoms. The van der Waals surface area contributed by atoms with Crippen molar-refractivity contribution in [1.29, 1.82) is 0 Å². The lowest BCUT2D eigenvalue weighted by Gasteiger charge is -2.19. The number of rotatable bonds is 6. The van der Waals surface area contributed by atoms with E-state index in [1.165, 1.54) is 0 Å². The van der Waals surface area contributed by atoms with Gasteiger partial charge in [0.05, 0.1) is 4.90 Å². The van der Waals surface area contributed by atoms with Crippen LogP contribution in [0.4, 0.5) is 0 Å². The summed E-state index contributed by atoms with van der Waals surface area (Å²) < 4.78 is 29.4. The Kier molecular flexibility index (Phi) is 7.25. The van der Waals surface area contributed by atoms with Gasteiger partial charge in [0.1, 0.15) is 5.69 Å². The van der Waals surface area contributed by atoms with Crippen LogP contribution in [-0.4, -0.2) is 31.3 Å². The van der Waals surface area contributed by atoms with Gasteiger partial charge in [0.25, 0.3) is 5.91 Å². The number of benzene rings is 1. The SMILES string of the molecule is Cn1cc(Br)cc1C(=O)NNC(=O)CCNS(=O)(=O)c1ccc(C(C)(C)C)cc1. The van der Waals surface area contributed by atoms with E-state index in [0.29, 0.717) is 5.69 Å². The van der Waals surface area contributed by atoms with Crippen LogP contribution in [0.2, 0.25) is 0 Å². The molecule has 0 fully saturated rings. The van der Waals surface area contributed by atoms with Crippen molar-refractivity contribution in [3.05, 3.63) is 52.3 Å². The number of amides is 2. The second-order valence-electron chi connectivity index (χ2n) is 7.58. The molecule has 0 radical (unpaired) electrons. The number of sulfonamides is 1. The van der Waals surface area contributed by atoms with E-state index >= 15 is 0 Å². The number of halogens is 1. The molecule has 158 valence electrons. The van der Waals surface area contributed by atoms with Crippen molar-refractivity contribution in [3.63, 3.8) is 0 Å². The molecule has 0 aliphatic rings. The van der Waals surface area contributed by atoms with E-state index in [4.69, 9.17) is 0 Å². The molecule has 0 saturated heterocycles. The zero-order valence-electron chi connectivity index (χ0n) is 16.7. The number of carbonyl (C=O) groups excluding carboxylic acids is 2. The summed E-state index contributed by atoms with van der Waals surface area (Å²) in [6.07, 6.45) is 1.58. The first-order valence-corrected chi connectivity index (χ1v) is 11.2. The van der Waals surface area contributed by atoms with Gasteiger partial charge < -0.3 is 4.57 Å². The van der Waals surface area contributed by atoms with E-state index in [2.05, 4.69) is 31.5 Å². The Morgan fingerprint density at radius 1 is 1.10 bits per heavy atom. The minimum absolute atomic E-state index is 0.0757. The fourth-order valence-electron chi connectivity index (χ4n) is 2.52. The van der Waals surface area contributed by atoms with Crippen molar-refractivity contribution in [1.82, 2.24) is 20.1 Å². The fraction of sp³-hybridized carbons (Fsp3) is 0.368. The molecule has 1 aromatic carbocycles. The Balaban J connectivity index is 1.83. The standard InChI is InChI=1S/C19H25BrN4O4S/c1-19(2,3)13-5-7-15(8-6-13)29(27,28)21-10-9-17(25)22-23-18(26)16-11-14(20)12-24(16)4/h5-8,11-12,21H,9-10H2,1-4H3,(H,22,25)(H,23,26). The Morgan fingerprint density at radius 2 is 1.72 bits per heavy atom. The van der Waals surface area contributed by atoms with Gasteiger partial charge >= 0.3 is 0 Å². The molecule has 1 heterocycles. The lowest BCUT2D eigenvalue weighted by atomic mass is 9.87. The van der Waals surface area contributed by atoms with Crippen LogP contribution in [-0.2, 0) is 27.3 Å². The normalized spacial score (nSPS) is 11.9. The maximum atomic E-state index is 12.3. The highest BCUT2D eigenvalue weighted by Crippen LogP contribution is 2.23. The summed E-state index contributed by atoms with van der Waals surface area (Å²) in [4.78, 5) is 24.0. The second-order valence-corrected chi connectivity index (χ2v) is 10.3. The first-order valence-electron chi connectivity index (χ1n) is 8.91. The van der Waals surface area contributed by atoms with Crippen molar-refractivity contribution < 1.29 is 18.0 Å². The van der Waals surface area contributed by atoms with Crippen LogP contribution in [0.1, 0.15) is 43.2 Å². The zero-order chi connectivity index (χ0) is 21.8. The van der Waals surface area contributed by atoms with E-state index in [-0.39, 0.29) is 23.3 Å². The number of aryl methyl sites for hydroxylation is 1. The second kappa shape index (κ2) is 9.10. The quantitative estimate of drug-likeness (QED) is 0.545. The highest BCUT2D eigenvalue weighted by atomic mass is 79.9. The topological polar surface area (TPSA) is 109 Å². The largest absolute Gasteiger partial charge is 0.345 e. The number of hydrazine groups is 1. The average Bonchev–Trinajstić information content (AvgIpc) is 2.97. The summed E-state index contributed by atoms with van der Waals surface area (Å²) >= 11 is 3.26. The van der Waals surface area contributed by atoms with E-state index < -0.39 is 21.8 Å². The Morgan fingerprint density at radius 3 is 2.24 bits per heavy atom. The van der Waals surface area contributed by atoms with Crippen LogP contribution in [0, 0.1) is 0 Å². The first kappa shape index (κ1) is 23.1. The molecule has 0 saturated carbocycles. The molecule has 10 heteroatoms. The van der Waals surface area contributed by atoms with E-state index in [9.17, 15) is 18.0 Å². The van der Waals surface area contributed by atoms with Crippen molar-refractivity contribution in [2.45, 2.75) is 37.5 Å². The monoisotopic (exact) mass is 484 g/mol. The maximum Gasteiger partial charge on any atom is 0.286 e. The molecule has 2 amide bonds. The van der Waals surface area contributed by atoms with Gasteiger partial charge in [-0.1, -0.05) is 32.9 Å². The summed E-state index contributed by atoms with van der Waals surface area (Å²) in [5.41, 5.74) is 5.87. The van der Waals surface area contributed by atoms with Gasteiger partial charge in [-0.05, 0) is 45.1 Å². The maximum absolute atomic E-state index is 12.3. The van der Waals surface area contributed by atoms with Crippen molar-refractivity contribution >= 4 is 37.8 Å². The Hall–Kier alpha value is -2.17. The fourth-order valence-corrected chi connectivity index (χ4v) is 4.08. The molecule has 0 unspecified atom stereocenters. The summed E-state index contributed by atoms with van der Waals surface area (Å²) in [5.74, 6) is -0.997. The Bertz CT molecular complexity index is 992. The molecule has 0 atom stereocenters. The zero-order valence-corrected chi connectivity index (χ0v) is 19.1. The third-order valence-corrected chi connectivity index (χ3v) is 6.11. The highest BCUT2D eigenvalue weighted by molar-refractivity contribution is 9.10. The van der Waals surface area contributed by atoms with Gasteiger partial charge in [0.15, 0.2) is 0 Å². The molecule has 2 rings (SSSR count). The van der Waals surface area contributed by atoms with Crippen LogP contribution in [0.5, 0.6) is 0 Å². The number of aromatic nitrogens is 1. The van der Waals surface area contributed by atoms with Crippen molar-refractivity contribution in [2.24, 2.45) is 7.05 Å². The smallest absolute Gasteiger partial charge is 0.286 e. The van der Waals surface area contributed by atoms with Gasteiger partial charge in [-0.25, -0.2) is 13.1 Å². The minimum atomic E-state index is -3.72. The number of hydrogen-bond acceptors (Lipinski definition) is 4. The van der Waals surface area contributed by atoms with E-state index in [0.717, 1.165) is 10.0 Å². The number of hydrogen-bond donors (Lipinski definition) is 3. The van der Waals surface area contributed by atoms with Crippen LogP contribution >= 0.6 is 15.9 Å². The van der Waals surface area contributed by atoms with Gasteiger partial charge in [0.2, 0.25) is 15.9 Å². The van der Waals surface area contributed by atoms with Crippen molar-refractivity contribution in [2.75, 3.05) is 6.54 Å². The summed E-state index contributed by atoms with van der Waals surface area (Å²) in [6.45, 7) is 6.04. The molecular formula is C19H25BrN4O4S. The van der Waals surface area contributed by atoms with Gasteiger partial charge in [-0.15, -0.1) is 0 Å². The molecule has 29 heavy (non-hydrogen) atoms. The summed E-state index contributed by atoms with van der Waals surface area (Å²) in [7, 11) is -2.02. The molecule has 1 aromatic heterocycles. The van der Waals surface area contributed by atoms with Gasteiger partial charge in [0, 0.05) is 30.7 Å². The van der Waals surface area contributed by atoms with Crippen LogP contribution in [0.15, 0.2) is 45.9 Å². The Labute approximate surface area is 179 Å². The van der Waals surface area contributed by atoms with Gasteiger partial charge in [-0.3, -0.25) is 20.4 Å². The lowest BCUT2D eigenvalue weighted by molar-refractivity contribution is -0.121. The molecular weight excluding hydrogens is 460 g/mol. The molecule has 2 aromatic rings. The number of carbonyl (C=O) groups is 2. The third-order valence-electron chi connectivity index (χ3n) is 4.19. The summed E-state index contributed by atoms with van der Waals surface area (Å²) in [6, 6.07) is 8.25. The minimum Gasteiger partial charge on any atom is -0.345 e. The van der Waals surface area contributed by atoms with Crippen molar-refractivity contribution in [3.8, 4) is 0 Å². The highest BCUT2D eigenvalue weighted by Gasteiger charge is 2.18. The predicted molar refractivity (Wildman–Crippen MR) is 114 cm³/mol. The van der Waals surface area contributed by atoms with Gasteiger partial charge in [-0.2, -0.15) is 0 Å². The number of nitrogens with one attached hydrogen (secondary N) is 3. The van der Waals surface area contributed by atoms with E-state index in [1.807, 2.05) is 20.8 Å². The predicted octanol–water partition coefficient (Wildman–Crippen LogP) is 2.21. The molecule has 3 N–H and O–H groups in total. The van der Waals surface area contributed by atoms with Crippen LogP contribution in [0.25, 0.3) is 0 Å². The third kappa shape index (κ3) is 6.41. The number of nitrogens with zero attached hydrogens (tertiary/aromatic N) is 1. The molecule has 8 nitrogen and oxygen atoms in total. The van der Waals surface area contributed by atoms with Crippen LogP contribution < -0.4 is 15.6 Å². The van der Waals surface area contributed by atoms with Crippen LogP contribution in [0.3, 0.4) is 0 Å². The lowest BCUT2D eigenvalue weighted by Crippen LogP contribution is -2.43. The molecule has 0 aliphatic heterocycles. The molecule has 0 bridgehead atoms. The molecule has 0 aliphatic carbocycles. The average molecular weight is 485 g/mol. The first-order chi connectivity index (χ1) is 13.4.